The van der Waals surface area contributed by atoms with Crippen molar-refractivity contribution in [3.8, 4) is 0 Å². The molecular weight excluding hydrogens is 279 g/mol. The van der Waals surface area contributed by atoms with Gasteiger partial charge in [-0.05, 0) is 49.2 Å². The Kier molecular flexibility index (Phi) is 3.67. The molecule has 20 heavy (non-hydrogen) atoms. The van der Waals surface area contributed by atoms with Crippen molar-refractivity contribution in [2.75, 3.05) is 10.5 Å². The van der Waals surface area contributed by atoms with E-state index in [0.29, 0.717) is 0 Å². The number of benzene rings is 2. The Balaban J connectivity index is 2.43. The summed E-state index contributed by atoms with van der Waals surface area (Å²) in [6.45, 7) is 3.55. The van der Waals surface area contributed by atoms with Gasteiger partial charge in [-0.1, -0.05) is 12.1 Å². The Bertz CT molecular complexity index is 758. The van der Waals surface area contributed by atoms with Crippen LogP contribution in [0, 0.1) is 19.7 Å². The highest BCUT2D eigenvalue weighted by atomic mass is 32.2. The lowest BCUT2D eigenvalue weighted by molar-refractivity contribution is 0.599. The molecule has 0 aliphatic heterocycles. The van der Waals surface area contributed by atoms with Crippen LogP contribution in [-0.2, 0) is 10.0 Å². The van der Waals surface area contributed by atoms with E-state index in [9.17, 15) is 12.8 Å². The van der Waals surface area contributed by atoms with Crippen molar-refractivity contribution in [2.24, 2.45) is 0 Å². The van der Waals surface area contributed by atoms with Gasteiger partial charge in [0.05, 0.1) is 11.4 Å². The molecule has 0 spiro atoms. The third-order valence-corrected chi connectivity index (χ3v) is 4.26. The molecule has 6 heteroatoms. The second-order valence-electron chi connectivity index (χ2n) is 4.63. The molecule has 0 aliphatic rings. The summed E-state index contributed by atoms with van der Waals surface area (Å²) in [5.41, 5.74) is 7.35. The van der Waals surface area contributed by atoms with Crippen LogP contribution in [0.25, 0.3) is 0 Å². The van der Waals surface area contributed by atoms with E-state index in [1.54, 1.807) is 32.0 Å². The van der Waals surface area contributed by atoms with Gasteiger partial charge in [0, 0.05) is 0 Å². The molecule has 2 rings (SSSR count). The predicted molar refractivity (Wildman–Crippen MR) is 77.5 cm³/mol. The van der Waals surface area contributed by atoms with E-state index in [0.717, 1.165) is 11.1 Å². The molecule has 0 aromatic heterocycles. The molecule has 0 aliphatic carbocycles. The van der Waals surface area contributed by atoms with Gasteiger partial charge in [0.25, 0.3) is 10.0 Å². The van der Waals surface area contributed by atoms with E-state index in [2.05, 4.69) is 4.72 Å². The van der Waals surface area contributed by atoms with Crippen LogP contribution in [0.2, 0.25) is 0 Å². The zero-order valence-corrected chi connectivity index (χ0v) is 12.0. The SMILES string of the molecule is Cc1ccc(S(=O)(=O)Nc2cc(C)ccc2F)c(N)c1. The second kappa shape index (κ2) is 5.13. The molecule has 106 valence electrons. The van der Waals surface area contributed by atoms with Gasteiger partial charge in [-0.25, -0.2) is 12.8 Å². The fourth-order valence-corrected chi connectivity index (χ4v) is 3.00. The first-order valence-corrected chi connectivity index (χ1v) is 7.43. The number of nitrogens with two attached hydrogens (primary N) is 1. The largest absolute Gasteiger partial charge is 0.398 e. The number of aryl methyl sites for hydroxylation is 2. The monoisotopic (exact) mass is 294 g/mol. The van der Waals surface area contributed by atoms with Gasteiger partial charge < -0.3 is 5.73 Å². The second-order valence-corrected chi connectivity index (χ2v) is 6.28. The highest BCUT2D eigenvalue weighted by molar-refractivity contribution is 7.92. The first kappa shape index (κ1) is 14.3. The summed E-state index contributed by atoms with van der Waals surface area (Å²) >= 11 is 0. The van der Waals surface area contributed by atoms with Crippen molar-refractivity contribution >= 4 is 21.4 Å². The summed E-state index contributed by atoms with van der Waals surface area (Å²) in [4.78, 5) is -0.0657. The fraction of sp³-hybridized carbons (Fsp3) is 0.143. The summed E-state index contributed by atoms with van der Waals surface area (Å²) in [5.74, 6) is -0.634. The van der Waals surface area contributed by atoms with Crippen molar-refractivity contribution in [3.63, 3.8) is 0 Å². The molecular formula is C14H15FN2O2S. The average molecular weight is 294 g/mol. The zero-order valence-electron chi connectivity index (χ0n) is 11.1. The van der Waals surface area contributed by atoms with Crippen LogP contribution < -0.4 is 10.5 Å². The Hall–Kier alpha value is -2.08. The molecule has 0 bridgehead atoms. The van der Waals surface area contributed by atoms with E-state index in [-0.39, 0.29) is 16.3 Å². The van der Waals surface area contributed by atoms with Gasteiger partial charge >= 0.3 is 0 Å². The Morgan fingerprint density at radius 1 is 1.05 bits per heavy atom. The summed E-state index contributed by atoms with van der Waals surface area (Å²) in [7, 11) is -3.92. The molecule has 0 saturated carbocycles. The third kappa shape index (κ3) is 2.91. The van der Waals surface area contributed by atoms with E-state index in [1.807, 2.05) is 0 Å². The highest BCUT2D eigenvalue weighted by Gasteiger charge is 2.19. The summed E-state index contributed by atoms with van der Waals surface area (Å²) in [5, 5.41) is 0. The smallest absolute Gasteiger partial charge is 0.264 e. The molecule has 3 N–H and O–H groups in total. The number of rotatable bonds is 3. The van der Waals surface area contributed by atoms with Gasteiger partial charge in [-0.15, -0.1) is 0 Å². The quantitative estimate of drug-likeness (QED) is 0.855. The van der Waals surface area contributed by atoms with Crippen molar-refractivity contribution in [1.82, 2.24) is 0 Å². The van der Waals surface area contributed by atoms with Crippen molar-refractivity contribution in [2.45, 2.75) is 18.7 Å². The lowest BCUT2D eigenvalue weighted by atomic mass is 10.2. The standard InChI is InChI=1S/C14H15FN2O2S/c1-9-4-6-14(12(16)7-9)20(18,19)17-13-8-10(2)3-5-11(13)15/h3-8,17H,16H2,1-2H3. The fourth-order valence-electron chi connectivity index (χ4n) is 1.83. The first-order chi connectivity index (χ1) is 9.29. The van der Waals surface area contributed by atoms with Gasteiger partial charge in [-0.3, -0.25) is 4.72 Å². The third-order valence-electron chi connectivity index (χ3n) is 2.82. The van der Waals surface area contributed by atoms with E-state index in [4.69, 9.17) is 5.73 Å². The van der Waals surface area contributed by atoms with Gasteiger partial charge in [0.2, 0.25) is 0 Å². The van der Waals surface area contributed by atoms with Crippen LogP contribution in [-0.4, -0.2) is 8.42 Å². The number of nitrogens with one attached hydrogen (secondary N) is 1. The lowest BCUT2D eigenvalue weighted by Gasteiger charge is -2.11. The van der Waals surface area contributed by atoms with Crippen LogP contribution in [0.5, 0.6) is 0 Å². The van der Waals surface area contributed by atoms with Gasteiger partial charge in [0.15, 0.2) is 0 Å². The van der Waals surface area contributed by atoms with E-state index >= 15 is 0 Å². The molecule has 0 heterocycles. The predicted octanol–water partition coefficient (Wildman–Crippen LogP) is 2.83. The molecule has 0 radical (unpaired) electrons. The molecule has 4 nitrogen and oxygen atoms in total. The van der Waals surface area contributed by atoms with Crippen molar-refractivity contribution in [3.05, 3.63) is 53.3 Å². The maximum absolute atomic E-state index is 13.6. The normalized spacial score (nSPS) is 11.3. The van der Waals surface area contributed by atoms with E-state index in [1.165, 1.54) is 18.2 Å². The van der Waals surface area contributed by atoms with Gasteiger partial charge in [0.1, 0.15) is 10.7 Å². The van der Waals surface area contributed by atoms with Crippen LogP contribution in [0.15, 0.2) is 41.3 Å². The number of sulfonamides is 1. The van der Waals surface area contributed by atoms with Crippen molar-refractivity contribution < 1.29 is 12.8 Å². The molecule has 0 saturated heterocycles. The summed E-state index contributed by atoms with van der Waals surface area (Å²) in [6, 6.07) is 8.80. The van der Waals surface area contributed by atoms with Gasteiger partial charge in [-0.2, -0.15) is 0 Å². The highest BCUT2D eigenvalue weighted by Crippen LogP contribution is 2.24. The van der Waals surface area contributed by atoms with Crippen LogP contribution in [0.4, 0.5) is 15.8 Å². The Morgan fingerprint density at radius 2 is 1.65 bits per heavy atom. The summed E-state index contributed by atoms with van der Waals surface area (Å²) in [6.07, 6.45) is 0. The number of hydrogen-bond acceptors (Lipinski definition) is 3. The molecule has 0 amide bonds. The zero-order chi connectivity index (χ0) is 14.9. The number of anilines is 2. The minimum atomic E-state index is -3.92. The Labute approximate surface area is 117 Å². The molecule has 0 unspecified atom stereocenters. The lowest BCUT2D eigenvalue weighted by Crippen LogP contribution is -2.15. The van der Waals surface area contributed by atoms with Crippen LogP contribution >= 0.6 is 0 Å². The number of halogens is 1. The average Bonchev–Trinajstić information content (AvgIpc) is 2.33. The van der Waals surface area contributed by atoms with Crippen LogP contribution in [0.3, 0.4) is 0 Å². The maximum Gasteiger partial charge on any atom is 0.264 e. The molecule has 0 fully saturated rings. The molecule has 2 aromatic rings. The topological polar surface area (TPSA) is 72.2 Å². The summed E-state index contributed by atoms with van der Waals surface area (Å²) < 4.78 is 40.3. The number of nitrogen functional groups attached to an aromatic ring is 1. The van der Waals surface area contributed by atoms with Crippen LogP contribution in [0.1, 0.15) is 11.1 Å². The maximum atomic E-state index is 13.6. The minimum Gasteiger partial charge on any atom is -0.398 e. The molecule has 2 aromatic carbocycles. The number of hydrogen-bond donors (Lipinski definition) is 2. The van der Waals surface area contributed by atoms with E-state index < -0.39 is 15.8 Å². The molecule has 0 atom stereocenters. The van der Waals surface area contributed by atoms with Crippen molar-refractivity contribution in [1.29, 1.82) is 0 Å². The Morgan fingerprint density at radius 3 is 2.30 bits per heavy atom. The first-order valence-electron chi connectivity index (χ1n) is 5.95. The minimum absolute atomic E-state index is 0.0657.